The number of para-hydroxylation sites is 1. The number of fused-ring (bicyclic) bond motifs is 1. The smallest absolute Gasteiger partial charge is 0.404 e. The van der Waals surface area contributed by atoms with Crippen LogP contribution in [0.5, 0.6) is 0 Å². The zero-order valence-corrected chi connectivity index (χ0v) is 16.6. The zero-order chi connectivity index (χ0) is 20.1. The summed E-state index contributed by atoms with van der Waals surface area (Å²) in [5, 5.41) is 0.901. The van der Waals surface area contributed by atoms with Crippen LogP contribution in [0.25, 0.3) is 10.9 Å². The average Bonchev–Trinajstić information content (AvgIpc) is 2.79. The highest BCUT2D eigenvalue weighted by Gasteiger charge is 2.29. The second-order valence-electron chi connectivity index (χ2n) is 7.62. The second-order valence-corrected chi connectivity index (χ2v) is 7.62. The highest BCUT2D eigenvalue weighted by Crippen LogP contribution is 2.28. The molecule has 0 unspecified atom stereocenters. The van der Waals surface area contributed by atoms with Gasteiger partial charge in [0.15, 0.2) is 0 Å². The van der Waals surface area contributed by atoms with Crippen molar-refractivity contribution in [1.29, 1.82) is 0 Å². The summed E-state index contributed by atoms with van der Waals surface area (Å²) in [7, 11) is 0. The standard InChI is InChI=1S/C22H27N3O4/c26-21(24-13-3-1-4-14-24)28-20(29-22(27)25-15-5-2-6-16-25)18-11-7-9-17-10-8-12-23-19(17)18/h7-12,20H,1-6,13-16H2. The fraction of sp³-hybridized carbons (Fsp3) is 0.500. The third-order valence-corrected chi connectivity index (χ3v) is 5.56. The molecule has 4 rings (SSSR count). The van der Waals surface area contributed by atoms with Crippen molar-refractivity contribution in [2.45, 2.75) is 44.8 Å². The van der Waals surface area contributed by atoms with Crippen molar-refractivity contribution in [2.24, 2.45) is 0 Å². The van der Waals surface area contributed by atoms with Crippen LogP contribution in [0, 0.1) is 0 Å². The molecule has 0 saturated carbocycles. The molecule has 154 valence electrons. The minimum Gasteiger partial charge on any atom is -0.404 e. The van der Waals surface area contributed by atoms with Crippen LogP contribution in [0.4, 0.5) is 9.59 Å². The van der Waals surface area contributed by atoms with Crippen LogP contribution in [0.15, 0.2) is 36.5 Å². The second kappa shape index (κ2) is 9.11. The number of carbonyl (C=O) groups is 2. The fourth-order valence-electron chi connectivity index (χ4n) is 3.95. The molecule has 2 aliphatic rings. The number of piperidine rings is 2. The Morgan fingerprint density at radius 1 is 0.793 bits per heavy atom. The SMILES string of the molecule is O=C(OC(OC(=O)N1CCCCC1)c1cccc2cccnc12)N1CCCCC1. The molecule has 1 aromatic carbocycles. The molecule has 0 bridgehead atoms. The molecule has 2 amide bonds. The van der Waals surface area contributed by atoms with E-state index in [-0.39, 0.29) is 0 Å². The quantitative estimate of drug-likeness (QED) is 0.714. The number of likely N-dealkylation sites (tertiary alicyclic amines) is 2. The number of rotatable bonds is 3. The number of ether oxygens (including phenoxy) is 2. The topological polar surface area (TPSA) is 72.0 Å². The molecule has 3 heterocycles. The molecular formula is C22H27N3O4. The first kappa shape index (κ1) is 19.5. The third kappa shape index (κ3) is 4.60. The van der Waals surface area contributed by atoms with Crippen LogP contribution in [0.2, 0.25) is 0 Å². The van der Waals surface area contributed by atoms with Gasteiger partial charge in [-0.3, -0.25) is 4.98 Å². The Morgan fingerprint density at radius 3 is 1.93 bits per heavy atom. The van der Waals surface area contributed by atoms with E-state index in [0.29, 0.717) is 37.3 Å². The van der Waals surface area contributed by atoms with Crippen LogP contribution in [-0.2, 0) is 9.47 Å². The van der Waals surface area contributed by atoms with E-state index in [9.17, 15) is 9.59 Å². The predicted octanol–water partition coefficient (Wildman–Crippen LogP) is 4.48. The lowest BCUT2D eigenvalue weighted by Crippen LogP contribution is -2.39. The van der Waals surface area contributed by atoms with Gasteiger partial charge in [-0.1, -0.05) is 18.2 Å². The van der Waals surface area contributed by atoms with E-state index in [0.717, 1.165) is 43.9 Å². The number of aromatic nitrogens is 1. The summed E-state index contributed by atoms with van der Waals surface area (Å²) in [6.07, 6.45) is 5.73. The van der Waals surface area contributed by atoms with Crippen LogP contribution in [0.3, 0.4) is 0 Å². The molecule has 0 N–H and O–H groups in total. The van der Waals surface area contributed by atoms with Gasteiger partial charge in [0.05, 0.1) is 11.1 Å². The van der Waals surface area contributed by atoms with E-state index >= 15 is 0 Å². The van der Waals surface area contributed by atoms with Gasteiger partial charge in [-0.15, -0.1) is 0 Å². The first-order chi connectivity index (χ1) is 14.2. The minimum atomic E-state index is -1.13. The molecule has 7 heteroatoms. The van der Waals surface area contributed by atoms with Gasteiger partial charge in [-0.05, 0) is 50.7 Å². The summed E-state index contributed by atoms with van der Waals surface area (Å²) in [4.78, 5) is 33.3. The molecule has 7 nitrogen and oxygen atoms in total. The van der Waals surface area contributed by atoms with Crippen molar-refractivity contribution < 1.29 is 19.1 Å². The van der Waals surface area contributed by atoms with Crippen LogP contribution in [-0.4, -0.2) is 53.1 Å². The number of amides is 2. The maximum atomic E-state index is 12.8. The van der Waals surface area contributed by atoms with E-state index in [2.05, 4.69) is 4.98 Å². The normalized spacial score (nSPS) is 17.4. The zero-order valence-electron chi connectivity index (χ0n) is 16.6. The molecule has 0 atom stereocenters. The Hall–Kier alpha value is -2.83. The Labute approximate surface area is 170 Å². The van der Waals surface area contributed by atoms with Crippen molar-refractivity contribution in [3.05, 3.63) is 42.1 Å². The van der Waals surface area contributed by atoms with E-state index < -0.39 is 18.5 Å². The Morgan fingerprint density at radius 2 is 1.34 bits per heavy atom. The van der Waals surface area contributed by atoms with Gasteiger partial charge in [0.1, 0.15) is 0 Å². The lowest BCUT2D eigenvalue weighted by Gasteiger charge is -2.30. The molecule has 0 spiro atoms. The van der Waals surface area contributed by atoms with Gasteiger partial charge in [-0.2, -0.15) is 0 Å². The number of benzene rings is 1. The molecule has 2 aliphatic heterocycles. The van der Waals surface area contributed by atoms with Gasteiger partial charge < -0.3 is 19.3 Å². The molecule has 29 heavy (non-hydrogen) atoms. The largest absolute Gasteiger partial charge is 0.413 e. The van der Waals surface area contributed by atoms with Gasteiger partial charge in [0.2, 0.25) is 0 Å². The predicted molar refractivity (Wildman–Crippen MR) is 108 cm³/mol. The number of hydrogen-bond donors (Lipinski definition) is 0. The number of hydrogen-bond acceptors (Lipinski definition) is 5. The fourth-order valence-corrected chi connectivity index (χ4v) is 3.95. The summed E-state index contributed by atoms with van der Waals surface area (Å²) in [5.74, 6) is 0. The molecule has 2 fully saturated rings. The minimum absolute atomic E-state index is 0.450. The number of nitrogens with zero attached hydrogens (tertiary/aromatic N) is 3. The summed E-state index contributed by atoms with van der Waals surface area (Å²) >= 11 is 0. The van der Waals surface area contributed by atoms with E-state index in [1.165, 1.54) is 0 Å². The molecule has 2 saturated heterocycles. The lowest BCUT2D eigenvalue weighted by molar-refractivity contribution is -0.0849. The number of pyridine rings is 1. The van der Waals surface area contributed by atoms with Gasteiger partial charge in [0.25, 0.3) is 6.29 Å². The van der Waals surface area contributed by atoms with Crippen LogP contribution < -0.4 is 0 Å². The highest BCUT2D eigenvalue weighted by molar-refractivity contribution is 5.82. The van der Waals surface area contributed by atoms with Crippen molar-refractivity contribution >= 4 is 23.1 Å². The highest BCUT2D eigenvalue weighted by atomic mass is 16.7. The van der Waals surface area contributed by atoms with Crippen molar-refractivity contribution in [2.75, 3.05) is 26.2 Å². The Balaban J connectivity index is 1.59. The molecule has 0 radical (unpaired) electrons. The first-order valence-corrected chi connectivity index (χ1v) is 10.5. The van der Waals surface area contributed by atoms with Crippen molar-refractivity contribution in [3.63, 3.8) is 0 Å². The molecule has 2 aromatic rings. The van der Waals surface area contributed by atoms with E-state index in [1.54, 1.807) is 22.1 Å². The summed E-state index contributed by atoms with van der Waals surface area (Å²) in [6.45, 7) is 2.66. The maximum Gasteiger partial charge on any atom is 0.413 e. The average molecular weight is 397 g/mol. The van der Waals surface area contributed by atoms with Crippen molar-refractivity contribution in [3.8, 4) is 0 Å². The van der Waals surface area contributed by atoms with Crippen LogP contribution >= 0.6 is 0 Å². The van der Waals surface area contributed by atoms with Gasteiger partial charge in [-0.25, -0.2) is 9.59 Å². The monoisotopic (exact) mass is 397 g/mol. The Kier molecular flexibility index (Phi) is 6.12. The Bertz CT molecular complexity index is 823. The molecule has 1 aromatic heterocycles. The van der Waals surface area contributed by atoms with Gasteiger partial charge in [0, 0.05) is 37.8 Å². The summed E-state index contributed by atoms with van der Waals surface area (Å²) in [5.41, 5.74) is 1.25. The molecule has 0 aliphatic carbocycles. The van der Waals surface area contributed by atoms with E-state index in [1.807, 2.05) is 24.3 Å². The van der Waals surface area contributed by atoms with E-state index in [4.69, 9.17) is 9.47 Å². The lowest BCUT2D eigenvalue weighted by atomic mass is 10.1. The summed E-state index contributed by atoms with van der Waals surface area (Å²) in [6, 6.07) is 9.37. The maximum absolute atomic E-state index is 12.8. The van der Waals surface area contributed by atoms with Crippen molar-refractivity contribution in [1.82, 2.24) is 14.8 Å². The number of carbonyl (C=O) groups excluding carboxylic acids is 2. The van der Waals surface area contributed by atoms with Crippen LogP contribution in [0.1, 0.15) is 50.4 Å². The first-order valence-electron chi connectivity index (χ1n) is 10.5. The third-order valence-electron chi connectivity index (χ3n) is 5.56. The molecular weight excluding hydrogens is 370 g/mol. The van der Waals surface area contributed by atoms with Gasteiger partial charge >= 0.3 is 12.2 Å². The summed E-state index contributed by atoms with van der Waals surface area (Å²) < 4.78 is 11.4.